The molecule has 4 nitrogen and oxygen atoms in total. The summed E-state index contributed by atoms with van der Waals surface area (Å²) >= 11 is 0. The number of carbonyl (C=O) groups excluding carboxylic acids is 1. The fourth-order valence-corrected chi connectivity index (χ4v) is 2.96. The largest absolute Gasteiger partial charge is 0.481 e. The van der Waals surface area contributed by atoms with Gasteiger partial charge in [-0.05, 0) is 13.0 Å². The minimum Gasteiger partial charge on any atom is -0.481 e. The molecule has 122 valence electrons. The van der Waals surface area contributed by atoms with Gasteiger partial charge in [0, 0.05) is 6.54 Å². The van der Waals surface area contributed by atoms with Crippen LogP contribution in [0.4, 0.5) is 0 Å². The molecular formula is C17H31NO3. The molecule has 1 saturated heterocycles. The molecule has 1 fully saturated rings. The first-order valence-corrected chi connectivity index (χ1v) is 8.63. The van der Waals surface area contributed by atoms with E-state index in [4.69, 9.17) is 5.11 Å². The lowest BCUT2D eigenvalue weighted by Gasteiger charge is -2.13. The molecule has 1 atom stereocenters. The smallest absolute Gasteiger partial charge is 0.315 e. The van der Waals surface area contributed by atoms with Crippen LogP contribution in [0.25, 0.3) is 0 Å². The second kappa shape index (κ2) is 10.8. The van der Waals surface area contributed by atoms with Crippen molar-refractivity contribution in [3.63, 3.8) is 0 Å². The average Bonchev–Trinajstić information content (AvgIpc) is 2.82. The van der Waals surface area contributed by atoms with Crippen molar-refractivity contribution in [3.05, 3.63) is 0 Å². The molecule has 1 aliphatic rings. The highest BCUT2D eigenvalue weighted by molar-refractivity contribution is 6.01. The molecule has 0 aliphatic carbocycles. The van der Waals surface area contributed by atoms with Gasteiger partial charge in [-0.15, -0.1) is 0 Å². The Labute approximate surface area is 128 Å². The van der Waals surface area contributed by atoms with Gasteiger partial charge < -0.3 is 5.11 Å². The summed E-state index contributed by atoms with van der Waals surface area (Å²) in [6.45, 7) is 3.85. The number of carboxylic acid groups (broad SMARTS) is 1. The van der Waals surface area contributed by atoms with E-state index in [1.165, 1.54) is 57.8 Å². The third-order valence-corrected chi connectivity index (χ3v) is 4.33. The van der Waals surface area contributed by atoms with Gasteiger partial charge in [0.25, 0.3) is 0 Å². The molecule has 1 aliphatic heterocycles. The van der Waals surface area contributed by atoms with Crippen LogP contribution in [0.3, 0.4) is 0 Å². The monoisotopic (exact) mass is 297 g/mol. The van der Waals surface area contributed by atoms with Gasteiger partial charge in [-0.3, -0.25) is 14.5 Å². The van der Waals surface area contributed by atoms with Gasteiger partial charge in [-0.25, -0.2) is 0 Å². The number of ketones is 1. The maximum absolute atomic E-state index is 11.5. The lowest BCUT2D eigenvalue weighted by Crippen LogP contribution is -2.24. The number of Topliss-reactive ketones (excluding diaryl/α,β-unsaturated/α-hetero) is 1. The predicted molar refractivity (Wildman–Crippen MR) is 84.4 cm³/mol. The van der Waals surface area contributed by atoms with E-state index < -0.39 is 11.9 Å². The zero-order valence-electron chi connectivity index (χ0n) is 13.5. The quantitative estimate of drug-likeness (QED) is 0.442. The molecule has 0 spiro atoms. The van der Waals surface area contributed by atoms with Crippen LogP contribution >= 0.6 is 0 Å². The Morgan fingerprint density at radius 1 is 1.05 bits per heavy atom. The Morgan fingerprint density at radius 3 is 2.05 bits per heavy atom. The maximum atomic E-state index is 11.5. The van der Waals surface area contributed by atoms with Gasteiger partial charge in [-0.1, -0.05) is 64.7 Å². The number of rotatable bonds is 12. The molecule has 4 heteroatoms. The van der Waals surface area contributed by atoms with Gasteiger partial charge in [0.1, 0.15) is 5.92 Å². The summed E-state index contributed by atoms with van der Waals surface area (Å²) < 4.78 is 0. The SMILES string of the molecule is CCCCCCCCCCCCN1CC(=O)C(C(=O)O)C1. The topological polar surface area (TPSA) is 57.6 Å². The van der Waals surface area contributed by atoms with Crippen LogP contribution in [-0.4, -0.2) is 41.4 Å². The number of unbranched alkanes of at least 4 members (excludes halogenated alkanes) is 9. The Bertz CT molecular complexity index is 317. The van der Waals surface area contributed by atoms with E-state index in [0.29, 0.717) is 13.1 Å². The average molecular weight is 297 g/mol. The van der Waals surface area contributed by atoms with Gasteiger partial charge in [0.05, 0.1) is 6.54 Å². The van der Waals surface area contributed by atoms with E-state index in [-0.39, 0.29) is 5.78 Å². The number of carbonyl (C=O) groups is 2. The van der Waals surface area contributed by atoms with E-state index in [9.17, 15) is 9.59 Å². The van der Waals surface area contributed by atoms with Gasteiger partial charge in [0.15, 0.2) is 5.78 Å². The summed E-state index contributed by atoms with van der Waals surface area (Å²) in [4.78, 5) is 24.3. The first-order valence-electron chi connectivity index (χ1n) is 8.63. The Kier molecular flexibility index (Phi) is 9.31. The summed E-state index contributed by atoms with van der Waals surface area (Å²) in [5, 5.41) is 8.90. The van der Waals surface area contributed by atoms with Crippen molar-refractivity contribution in [3.8, 4) is 0 Å². The fraction of sp³-hybridized carbons (Fsp3) is 0.882. The van der Waals surface area contributed by atoms with Crippen molar-refractivity contribution >= 4 is 11.8 Å². The molecule has 0 bridgehead atoms. The molecule has 0 aromatic rings. The predicted octanol–water partition coefficient (Wildman–Crippen LogP) is 3.49. The summed E-state index contributed by atoms with van der Waals surface area (Å²) in [5.74, 6) is -1.88. The molecule has 1 unspecified atom stereocenters. The zero-order chi connectivity index (χ0) is 15.5. The highest BCUT2D eigenvalue weighted by Gasteiger charge is 2.35. The minimum absolute atomic E-state index is 0.130. The second-order valence-corrected chi connectivity index (χ2v) is 6.27. The van der Waals surface area contributed by atoms with E-state index in [0.717, 1.165) is 13.0 Å². The van der Waals surface area contributed by atoms with Crippen molar-refractivity contribution in [1.82, 2.24) is 4.90 Å². The zero-order valence-corrected chi connectivity index (χ0v) is 13.5. The van der Waals surface area contributed by atoms with E-state index in [1.54, 1.807) is 0 Å². The van der Waals surface area contributed by atoms with E-state index in [1.807, 2.05) is 4.90 Å². The molecule has 1 rings (SSSR count). The Morgan fingerprint density at radius 2 is 1.57 bits per heavy atom. The molecule has 1 heterocycles. The summed E-state index contributed by atoms with van der Waals surface area (Å²) in [5.41, 5.74) is 0. The second-order valence-electron chi connectivity index (χ2n) is 6.27. The van der Waals surface area contributed by atoms with Crippen molar-refractivity contribution in [2.75, 3.05) is 19.6 Å². The number of hydrogen-bond acceptors (Lipinski definition) is 3. The lowest BCUT2D eigenvalue weighted by atomic mass is 10.1. The standard InChI is InChI=1S/C17H31NO3/c1-2-3-4-5-6-7-8-9-10-11-12-18-13-15(17(20)21)16(19)14-18/h15H,2-14H2,1H3,(H,20,21). The van der Waals surface area contributed by atoms with Crippen LogP contribution in [0, 0.1) is 5.92 Å². The van der Waals surface area contributed by atoms with Crippen molar-refractivity contribution < 1.29 is 14.7 Å². The van der Waals surface area contributed by atoms with Crippen LogP contribution in [0.2, 0.25) is 0 Å². The summed E-state index contributed by atoms with van der Waals surface area (Å²) in [6.07, 6.45) is 13.0. The molecule has 21 heavy (non-hydrogen) atoms. The Hall–Kier alpha value is -0.900. The maximum Gasteiger partial charge on any atom is 0.315 e. The van der Waals surface area contributed by atoms with Crippen molar-refractivity contribution in [2.45, 2.75) is 71.1 Å². The van der Waals surface area contributed by atoms with Crippen LogP contribution in [0.5, 0.6) is 0 Å². The first-order chi connectivity index (χ1) is 10.1. The van der Waals surface area contributed by atoms with E-state index in [2.05, 4.69) is 6.92 Å². The third-order valence-electron chi connectivity index (χ3n) is 4.33. The third kappa shape index (κ3) is 7.60. The fourth-order valence-electron chi connectivity index (χ4n) is 2.96. The van der Waals surface area contributed by atoms with Crippen LogP contribution in [-0.2, 0) is 9.59 Å². The van der Waals surface area contributed by atoms with Crippen LogP contribution in [0.15, 0.2) is 0 Å². The summed E-state index contributed by atoms with van der Waals surface area (Å²) in [6, 6.07) is 0. The van der Waals surface area contributed by atoms with Gasteiger partial charge >= 0.3 is 5.97 Å². The van der Waals surface area contributed by atoms with E-state index >= 15 is 0 Å². The number of likely N-dealkylation sites (tertiary alicyclic amines) is 1. The minimum atomic E-state index is -0.967. The van der Waals surface area contributed by atoms with Crippen LogP contribution < -0.4 is 0 Å². The molecule has 0 amide bonds. The van der Waals surface area contributed by atoms with Gasteiger partial charge in [-0.2, -0.15) is 0 Å². The molecule has 1 N–H and O–H groups in total. The Balaban J connectivity index is 1.91. The van der Waals surface area contributed by atoms with Crippen molar-refractivity contribution in [1.29, 1.82) is 0 Å². The van der Waals surface area contributed by atoms with Crippen LogP contribution in [0.1, 0.15) is 71.1 Å². The first kappa shape index (κ1) is 18.1. The number of aliphatic carboxylic acids is 1. The highest BCUT2D eigenvalue weighted by atomic mass is 16.4. The molecule has 0 aromatic carbocycles. The molecular weight excluding hydrogens is 266 g/mol. The molecule has 0 aromatic heterocycles. The van der Waals surface area contributed by atoms with Crippen molar-refractivity contribution in [2.24, 2.45) is 5.92 Å². The normalized spacial score (nSPS) is 19.3. The summed E-state index contributed by atoms with van der Waals surface area (Å²) in [7, 11) is 0. The number of nitrogens with zero attached hydrogens (tertiary/aromatic N) is 1. The molecule has 0 radical (unpaired) electrons. The van der Waals surface area contributed by atoms with Gasteiger partial charge in [0.2, 0.25) is 0 Å². The lowest BCUT2D eigenvalue weighted by molar-refractivity contribution is -0.144. The molecule has 0 saturated carbocycles. The number of carboxylic acids is 1. The highest BCUT2D eigenvalue weighted by Crippen LogP contribution is 2.15. The number of hydrogen-bond donors (Lipinski definition) is 1.